The van der Waals surface area contributed by atoms with Gasteiger partial charge in [0, 0.05) is 18.8 Å². The van der Waals surface area contributed by atoms with Gasteiger partial charge >= 0.3 is 0 Å². The summed E-state index contributed by atoms with van der Waals surface area (Å²) in [5, 5.41) is 0. The Kier molecular flexibility index (Phi) is 6.11. The second-order valence-corrected chi connectivity index (χ2v) is 6.31. The molecule has 6 heteroatoms. The number of nitrogens with two attached hydrogens (primary N) is 1. The maximum Gasteiger partial charge on any atom is 0.217 e. The van der Waals surface area contributed by atoms with Crippen LogP contribution >= 0.6 is 0 Å². The van der Waals surface area contributed by atoms with Gasteiger partial charge in [-0.05, 0) is 30.7 Å². The fourth-order valence-corrected chi connectivity index (χ4v) is 3.11. The molecule has 2 N–H and O–H groups in total. The zero-order valence-electron chi connectivity index (χ0n) is 11.5. The number of ether oxygens (including phenoxy) is 1. The fraction of sp³-hybridized carbons (Fsp3) is 0.538. The average Bonchev–Trinajstić information content (AvgIpc) is 2.38. The molecule has 0 bridgehead atoms. The van der Waals surface area contributed by atoms with Crippen LogP contribution in [0.5, 0.6) is 5.75 Å². The van der Waals surface area contributed by atoms with E-state index in [2.05, 4.69) is 0 Å². The predicted molar refractivity (Wildman–Crippen MR) is 77.7 cm³/mol. The summed E-state index contributed by atoms with van der Waals surface area (Å²) in [4.78, 5) is 0. The molecule has 0 aromatic heterocycles. The second-order valence-electron chi connectivity index (χ2n) is 4.23. The lowest BCUT2D eigenvalue weighted by Gasteiger charge is -2.19. The topological polar surface area (TPSA) is 72.6 Å². The minimum Gasteiger partial charge on any atom is -0.492 e. The van der Waals surface area contributed by atoms with Crippen molar-refractivity contribution in [3.8, 4) is 5.75 Å². The zero-order valence-corrected chi connectivity index (χ0v) is 12.3. The summed E-state index contributed by atoms with van der Waals surface area (Å²) in [5.74, 6) is 0.619. The van der Waals surface area contributed by atoms with Crippen molar-refractivity contribution in [2.75, 3.05) is 31.2 Å². The highest BCUT2D eigenvalue weighted by Gasteiger charge is 2.19. The van der Waals surface area contributed by atoms with E-state index in [1.54, 1.807) is 24.3 Å². The molecule has 0 saturated carbocycles. The summed E-state index contributed by atoms with van der Waals surface area (Å²) >= 11 is 0. The van der Waals surface area contributed by atoms with Crippen molar-refractivity contribution in [1.29, 1.82) is 0 Å². The van der Waals surface area contributed by atoms with E-state index in [-0.39, 0.29) is 12.4 Å². The van der Waals surface area contributed by atoms with E-state index in [4.69, 9.17) is 10.5 Å². The summed E-state index contributed by atoms with van der Waals surface area (Å²) in [7, 11) is -3.23. The summed E-state index contributed by atoms with van der Waals surface area (Å²) < 4.78 is 30.9. The molecule has 1 aromatic rings. The van der Waals surface area contributed by atoms with Crippen molar-refractivity contribution < 1.29 is 13.2 Å². The van der Waals surface area contributed by atoms with Crippen molar-refractivity contribution in [2.24, 2.45) is 0 Å². The third kappa shape index (κ3) is 5.08. The van der Waals surface area contributed by atoms with E-state index < -0.39 is 10.0 Å². The highest BCUT2D eigenvalue weighted by Crippen LogP contribution is 2.13. The van der Waals surface area contributed by atoms with Crippen LogP contribution in [0.1, 0.15) is 20.3 Å². The Morgan fingerprint density at radius 1 is 1.21 bits per heavy atom. The van der Waals surface area contributed by atoms with E-state index >= 15 is 0 Å². The highest BCUT2D eigenvalue weighted by molar-refractivity contribution is 7.89. The molecule has 0 fully saturated rings. The van der Waals surface area contributed by atoms with Gasteiger partial charge in [-0.1, -0.05) is 13.8 Å². The first-order valence-electron chi connectivity index (χ1n) is 6.45. The molecule has 0 saturated heterocycles. The predicted octanol–water partition coefficient (Wildman–Crippen LogP) is 1.71. The van der Waals surface area contributed by atoms with E-state index in [9.17, 15) is 8.42 Å². The quantitative estimate of drug-likeness (QED) is 0.738. The number of hydrogen-bond donors (Lipinski definition) is 1. The van der Waals surface area contributed by atoms with Gasteiger partial charge in [0.15, 0.2) is 0 Å². The van der Waals surface area contributed by atoms with Crippen LogP contribution in [0.25, 0.3) is 0 Å². The van der Waals surface area contributed by atoms with Gasteiger partial charge in [-0.2, -0.15) is 0 Å². The normalized spacial score (nSPS) is 11.7. The average molecular weight is 286 g/mol. The number of nitrogen functional groups attached to an aromatic ring is 1. The van der Waals surface area contributed by atoms with Crippen molar-refractivity contribution in [1.82, 2.24) is 4.31 Å². The van der Waals surface area contributed by atoms with Crippen LogP contribution in [0.2, 0.25) is 0 Å². The van der Waals surface area contributed by atoms with Crippen LogP contribution in [0.15, 0.2) is 24.3 Å². The third-order valence-electron chi connectivity index (χ3n) is 2.71. The Bertz CT molecular complexity index is 471. The van der Waals surface area contributed by atoms with Crippen molar-refractivity contribution in [3.63, 3.8) is 0 Å². The second kappa shape index (κ2) is 7.35. The van der Waals surface area contributed by atoms with Crippen LogP contribution in [-0.4, -0.2) is 38.2 Å². The molecular formula is C13H22N2O3S. The standard InChI is InChI=1S/C13H22N2O3S/c1-3-9-15(4-2)19(16,17)11-10-18-13-7-5-12(14)6-8-13/h5-8H,3-4,9-11,14H2,1-2H3. The lowest BCUT2D eigenvalue weighted by atomic mass is 10.3. The molecule has 0 aliphatic rings. The summed E-state index contributed by atoms with van der Waals surface area (Å²) in [6.07, 6.45) is 0.811. The van der Waals surface area contributed by atoms with Crippen LogP contribution in [0.3, 0.4) is 0 Å². The van der Waals surface area contributed by atoms with Gasteiger partial charge in [0.1, 0.15) is 12.4 Å². The van der Waals surface area contributed by atoms with Gasteiger partial charge in [-0.15, -0.1) is 0 Å². The number of hydrogen-bond acceptors (Lipinski definition) is 4. The lowest BCUT2D eigenvalue weighted by Crippen LogP contribution is -2.35. The molecule has 0 aliphatic carbocycles. The maximum absolute atomic E-state index is 12.0. The molecule has 0 heterocycles. The Morgan fingerprint density at radius 3 is 2.37 bits per heavy atom. The third-order valence-corrected chi connectivity index (χ3v) is 4.62. The van der Waals surface area contributed by atoms with E-state index in [0.29, 0.717) is 24.5 Å². The Labute approximate surface area is 115 Å². The number of sulfonamides is 1. The van der Waals surface area contributed by atoms with Crippen LogP contribution in [-0.2, 0) is 10.0 Å². The monoisotopic (exact) mass is 286 g/mol. The van der Waals surface area contributed by atoms with Crippen molar-refractivity contribution in [2.45, 2.75) is 20.3 Å². The summed E-state index contributed by atoms with van der Waals surface area (Å²) in [5.41, 5.74) is 6.21. The fourth-order valence-electron chi connectivity index (χ4n) is 1.70. The first-order valence-corrected chi connectivity index (χ1v) is 8.06. The highest BCUT2D eigenvalue weighted by atomic mass is 32.2. The Balaban J connectivity index is 2.49. The minimum absolute atomic E-state index is 0.00871. The van der Waals surface area contributed by atoms with Crippen molar-refractivity contribution in [3.05, 3.63) is 24.3 Å². The molecule has 19 heavy (non-hydrogen) atoms. The molecule has 0 aliphatic heterocycles. The molecule has 0 amide bonds. The van der Waals surface area contributed by atoms with Gasteiger partial charge < -0.3 is 10.5 Å². The van der Waals surface area contributed by atoms with Crippen LogP contribution < -0.4 is 10.5 Å². The molecule has 5 nitrogen and oxygen atoms in total. The number of nitrogens with zero attached hydrogens (tertiary/aromatic N) is 1. The molecule has 108 valence electrons. The van der Waals surface area contributed by atoms with Crippen LogP contribution in [0.4, 0.5) is 5.69 Å². The first-order chi connectivity index (χ1) is 8.99. The zero-order chi connectivity index (χ0) is 14.3. The molecule has 0 unspecified atom stereocenters. The van der Waals surface area contributed by atoms with Gasteiger partial charge in [-0.3, -0.25) is 0 Å². The number of anilines is 1. The van der Waals surface area contributed by atoms with Gasteiger partial charge in [0.25, 0.3) is 0 Å². The lowest BCUT2D eigenvalue weighted by molar-refractivity contribution is 0.334. The van der Waals surface area contributed by atoms with E-state index in [0.717, 1.165) is 6.42 Å². The first kappa shape index (κ1) is 15.8. The molecule has 0 spiro atoms. The van der Waals surface area contributed by atoms with E-state index in [1.807, 2.05) is 13.8 Å². The SMILES string of the molecule is CCCN(CC)S(=O)(=O)CCOc1ccc(N)cc1. The maximum atomic E-state index is 12.0. The van der Waals surface area contributed by atoms with Gasteiger partial charge in [0.2, 0.25) is 10.0 Å². The van der Waals surface area contributed by atoms with Gasteiger partial charge in [0.05, 0.1) is 5.75 Å². The Morgan fingerprint density at radius 2 is 1.84 bits per heavy atom. The number of rotatable bonds is 8. The summed E-state index contributed by atoms with van der Waals surface area (Å²) in [6.45, 7) is 5.00. The van der Waals surface area contributed by atoms with E-state index in [1.165, 1.54) is 4.31 Å². The summed E-state index contributed by atoms with van der Waals surface area (Å²) in [6, 6.07) is 6.90. The molecule has 1 aromatic carbocycles. The molecule has 0 radical (unpaired) electrons. The molecule has 0 atom stereocenters. The van der Waals surface area contributed by atoms with Crippen LogP contribution in [0, 0.1) is 0 Å². The largest absolute Gasteiger partial charge is 0.492 e. The van der Waals surface area contributed by atoms with Gasteiger partial charge in [-0.25, -0.2) is 12.7 Å². The number of benzene rings is 1. The molecular weight excluding hydrogens is 264 g/mol. The smallest absolute Gasteiger partial charge is 0.217 e. The Hall–Kier alpha value is -1.27. The van der Waals surface area contributed by atoms with Crippen molar-refractivity contribution >= 4 is 15.7 Å². The molecule has 1 rings (SSSR count). The minimum atomic E-state index is -3.23.